The van der Waals surface area contributed by atoms with E-state index in [2.05, 4.69) is 19.4 Å². The zero-order valence-corrected chi connectivity index (χ0v) is 7.74. The minimum Gasteiger partial charge on any atom is -0.506 e. The zero-order valence-electron chi connectivity index (χ0n) is 6.84. The molecule has 0 unspecified atom stereocenters. The summed E-state index contributed by atoms with van der Waals surface area (Å²) in [5, 5.41) is 9.35. The van der Waals surface area contributed by atoms with Gasteiger partial charge in [-0.1, -0.05) is 31.5 Å². The highest BCUT2D eigenvalue weighted by Crippen LogP contribution is 2.27. The Bertz CT molecular complexity index is 338. The van der Waals surface area contributed by atoms with Crippen molar-refractivity contribution in [3.8, 4) is 5.75 Å². The third-order valence-corrected chi connectivity index (χ3v) is 1.91. The van der Waals surface area contributed by atoms with Crippen LogP contribution in [0.5, 0.6) is 5.75 Å². The van der Waals surface area contributed by atoms with Gasteiger partial charge in [0.1, 0.15) is 5.75 Å². The molecule has 0 saturated heterocycles. The van der Waals surface area contributed by atoms with Gasteiger partial charge >= 0.3 is 0 Å². The number of aromatic hydroxyl groups is 1. The van der Waals surface area contributed by atoms with Crippen LogP contribution >= 0.6 is 12.8 Å². The summed E-state index contributed by atoms with van der Waals surface area (Å²) in [4.78, 5) is 11.1. The molecule has 0 saturated carbocycles. The quantitative estimate of drug-likeness (QED) is 0.557. The molecule has 1 aromatic carbocycles. The number of hydrogen-bond acceptors (Lipinski definition) is 3. The van der Waals surface area contributed by atoms with Gasteiger partial charge in [0.2, 0.25) is 0 Å². The van der Waals surface area contributed by atoms with Gasteiger partial charge in [-0.15, -0.1) is 0 Å². The van der Waals surface area contributed by atoms with E-state index < -0.39 is 0 Å². The molecule has 0 aliphatic heterocycles. The average Bonchev–Trinajstić information content (AvgIpc) is 2.16. The molecule has 0 aromatic heterocycles. The molecule has 3 nitrogen and oxygen atoms in total. The van der Waals surface area contributed by atoms with Gasteiger partial charge in [-0.05, 0) is 18.2 Å². The molecular weight excluding hydrogens is 186 g/mol. The van der Waals surface area contributed by atoms with Crippen LogP contribution in [0, 0.1) is 0 Å². The van der Waals surface area contributed by atoms with Gasteiger partial charge < -0.3 is 5.11 Å². The Morgan fingerprint density at radius 1 is 1.54 bits per heavy atom. The lowest BCUT2D eigenvalue weighted by atomic mass is 10.3. The van der Waals surface area contributed by atoms with Crippen LogP contribution in [-0.4, -0.2) is 11.0 Å². The summed E-state index contributed by atoms with van der Waals surface area (Å²) >= 11 is 3.92. The fourth-order valence-electron chi connectivity index (χ4n) is 0.848. The number of carbonyl (C=O) groups is 1. The number of amides is 1. The van der Waals surface area contributed by atoms with E-state index in [1.54, 1.807) is 18.2 Å². The van der Waals surface area contributed by atoms with Crippen molar-refractivity contribution in [2.45, 2.75) is 0 Å². The molecule has 0 aliphatic carbocycles. The summed E-state index contributed by atoms with van der Waals surface area (Å²) in [6, 6.07) is 6.44. The Hall–Kier alpha value is -1.42. The number of rotatable bonds is 2. The lowest BCUT2D eigenvalue weighted by molar-refractivity contribution is -0.112. The normalized spacial score (nSPS) is 9.31. The van der Waals surface area contributed by atoms with E-state index in [1.165, 1.54) is 6.07 Å². The van der Waals surface area contributed by atoms with Crippen LogP contribution in [-0.2, 0) is 4.79 Å². The van der Waals surface area contributed by atoms with Crippen LogP contribution in [0.2, 0.25) is 0 Å². The van der Waals surface area contributed by atoms with Crippen LogP contribution in [0.15, 0.2) is 36.9 Å². The summed E-state index contributed by atoms with van der Waals surface area (Å²) in [5.74, 6) is -0.377. The van der Waals surface area contributed by atoms with Gasteiger partial charge in [0.25, 0.3) is 5.91 Å². The number of phenolic OH excluding ortho intramolecular Hbond substituents is 1. The first-order valence-electron chi connectivity index (χ1n) is 3.60. The Kier molecular flexibility index (Phi) is 2.97. The second-order valence-electron chi connectivity index (χ2n) is 2.34. The summed E-state index contributed by atoms with van der Waals surface area (Å²) < 4.78 is 1.03. The standard InChI is InChI=1S/C9H9NO2S/c1-2-9(12)10(13)7-5-3-4-6-8(7)11/h2-6,11,13H,1H2. The maximum atomic E-state index is 11.1. The highest BCUT2D eigenvalue weighted by molar-refractivity contribution is 7.82. The molecule has 0 atom stereocenters. The van der Waals surface area contributed by atoms with Crippen LogP contribution in [0.3, 0.4) is 0 Å². The average molecular weight is 195 g/mol. The minimum absolute atomic E-state index is 0.00713. The number of anilines is 1. The van der Waals surface area contributed by atoms with Crippen molar-refractivity contribution in [2.75, 3.05) is 4.31 Å². The van der Waals surface area contributed by atoms with E-state index in [4.69, 9.17) is 0 Å². The predicted molar refractivity (Wildman–Crippen MR) is 54.8 cm³/mol. The van der Waals surface area contributed by atoms with Gasteiger partial charge in [-0.3, -0.25) is 4.79 Å². The smallest absolute Gasteiger partial charge is 0.260 e. The molecule has 1 rings (SSSR count). The molecule has 4 heteroatoms. The van der Waals surface area contributed by atoms with Gasteiger partial charge in [-0.2, -0.15) is 0 Å². The Morgan fingerprint density at radius 3 is 2.69 bits per heavy atom. The topological polar surface area (TPSA) is 40.5 Å². The summed E-state index contributed by atoms with van der Waals surface area (Å²) in [7, 11) is 0. The minimum atomic E-state index is -0.384. The van der Waals surface area contributed by atoms with Crippen molar-refractivity contribution in [1.82, 2.24) is 0 Å². The molecule has 13 heavy (non-hydrogen) atoms. The number of carbonyl (C=O) groups excluding carboxylic acids is 1. The summed E-state index contributed by atoms with van der Waals surface area (Å²) in [6.45, 7) is 3.32. The van der Waals surface area contributed by atoms with Crippen LogP contribution in [0.4, 0.5) is 5.69 Å². The first-order chi connectivity index (χ1) is 6.16. The van der Waals surface area contributed by atoms with E-state index in [1.807, 2.05) is 0 Å². The predicted octanol–water partition coefficient (Wildman–Crippen LogP) is 1.76. The number of nitrogens with zero attached hydrogens (tertiary/aromatic N) is 1. The van der Waals surface area contributed by atoms with E-state index in [0.29, 0.717) is 5.69 Å². The Morgan fingerprint density at radius 2 is 2.15 bits per heavy atom. The van der Waals surface area contributed by atoms with Crippen molar-refractivity contribution in [1.29, 1.82) is 0 Å². The molecule has 1 N–H and O–H groups in total. The molecule has 1 aromatic rings. The zero-order chi connectivity index (χ0) is 9.84. The van der Waals surface area contributed by atoms with Gasteiger partial charge in [0.05, 0.1) is 5.69 Å². The van der Waals surface area contributed by atoms with E-state index in [0.717, 1.165) is 10.4 Å². The second kappa shape index (κ2) is 4.00. The Balaban J connectivity index is 3.01. The van der Waals surface area contributed by atoms with E-state index >= 15 is 0 Å². The Labute approximate surface area is 81.8 Å². The molecule has 0 spiro atoms. The third kappa shape index (κ3) is 2.03. The second-order valence-corrected chi connectivity index (χ2v) is 2.74. The highest BCUT2D eigenvalue weighted by Gasteiger charge is 2.11. The number of benzene rings is 1. The molecule has 0 aliphatic rings. The fourth-order valence-corrected chi connectivity index (χ4v) is 1.10. The van der Waals surface area contributed by atoms with E-state index in [-0.39, 0.29) is 11.7 Å². The van der Waals surface area contributed by atoms with Crippen molar-refractivity contribution < 1.29 is 9.90 Å². The van der Waals surface area contributed by atoms with Crippen molar-refractivity contribution in [3.05, 3.63) is 36.9 Å². The van der Waals surface area contributed by atoms with Gasteiger partial charge in [0, 0.05) is 0 Å². The summed E-state index contributed by atoms with van der Waals surface area (Å²) in [6.07, 6.45) is 1.12. The van der Waals surface area contributed by atoms with Gasteiger partial charge in [0.15, 0.2) is 0 Å². The van der Waals surface area contributed by atoms with Crippen molar-refractivity contribution in [3.63, 3.8) is 0 Å². The maximum Gasteiger partial charge on any atom is 0.260 e. The number of thiol groups is 1. The number of para-hydroxylation sites is 2. The van der Waals surface area contributed by atoms with Crippen LogP contribution < -0.4 is 4.31 Å². The monoisotopic (exact) mass is 195 g/mol. The highest BCUT2D eigenvalue weighted by atomic mass is 32.1. The molecule has 68 valence electrons. The largest absolute Gasteiger partial charge is 0.506 e. The summed E-state index contributed by atoms with van der Waals surface area (Å²) in [5.41, 5.74) is 0.343. The molecule has 0 radical (unpaired) electrons. The lowest BCUT2D eigenvalue weighted by Crippen LogP contribution is -2.17. The maximum absolute atomic E-state index is 11.1. The first-order valence-corrected chi connectivity index (χ1v) is 4.00. The first kappa shape index (κ1) is 9.67. The molecule has 0 heterocycles. The van der Waals surface area contributed by atoms with E-state index in [9.17, 15) is 9.90 Å². The van der Waals surface area contributed by atoms with Crippen molar-refractivity contribution in [2.24, 2.45) is 0 Å². The van der Waals surface area contributed by atoms with Crippen LogP contribution in [0.1, 0.15) is 0 Å². The fraction of sp³-hybridized carbons (Fsp3) is 0. The molecule has 1 amide bonds. The van der Waals surface area contributed by atoms with Gasteiger partial charge in [-0.25, -0.2) is 4.31 Å². The lowest BCUT2D eigenvalue weighted by Gasteiger charge is -2.14. The van der Waals surface area contributed by atoms with Crippen molar-refractivity contribution >= 4 is 24.4 Å². The third-order valence-electron chi connectivity index (χ3n) is 1.49. The van der Waals surface area contributed by atoms with Crippen LogP contribution in [0.25, 0.3) is 0 Å². The molecular formula is C9H9NO2S. The number of phenols is 1. The SMILES string of the molecule is C=CC(=O)N(S)c1ccccc1O. The molecule has 0 bridgehead atoms. The number of hydrogen-bond donors (Lipinski definition) is 2. The molecule has 0 fully saturated rings.